The predicted octanol–water partition coefficient (Wildman–Crippen LogP) is 1.64. The maximum atomic E-state index is 12.5. The van der Waals surface area contributed by atoms with Gasteiger partial charge >= 0.3 is 5.97 Å². The van der Waals surface area contributed by atoms with Gasteiger partial charge in [0.05, 0.1) is 6.61 Å². The van der Waals surface area contributed by atoms with E-state index in [1.165, 1.54) is 5.56 Å². The van der Waals surface area contributed by atoms with Crippen LogP contribution in [-0.4, -0.2) is 58.4 Å². The highest BCUT2D eigenvalue weighted by Gasteiger charge is 2.54. The Morgan fingerprint density at radius 3 is 2.45 bits per heavy atom. The van der Waals surface area contributed by atoms with E-state index in [-0.39, 0.29) is 5.92 Å². The van der Waals surface area contributed by atoms with Gasteiger partial charge in [-0.15, -0.1) is 0 Å². The molecule has 2 saturated heterocycles. The maximum absolute atomic E-state index is 12.5. The highest BCUT2D eigenvalue weighted by Crippen LogP contribution is 2.43. The average Bonchev–Trinajstić information content (AvgIpc) is 2.73. The van der Waals surface area contributed by atoms with Crippen LogP contribution in [0.15, 0.2) is 46.5 Å². The molecule has 4 rings (SSSR count). The predicted molar refractivity (Wildman–Crippen MR) is 106 cm³/mol. The number of aliphatic hydroxyl groups is 3. The lowest BCUT2D eigenvalue weighted by atomic mass is 9.75. The van der Waals surface area contributed by atoms with E-state index in [2.05, 4.69) is 31.2 Å². The number of benzene rings is 1. The van der Waals surface area contributed by atoms with Crippen LogP contribution in [0, 0.1) is 5.92 Å². The van der Waals surface area contributed by atoms with Crippen molar-refractivity contribution in [1.82, 2.24) is 0 Å². The lowest BCUT2D eigenvalue weighted by molar-refractivity contribution is -0.254. The van der Waals surface area contributed by atoms with Gasteiger partial charge in [-0.3, -0.25) is 0 Å². The minimum atomic E-state index is -1.32. The van der Waals surface area contributed by atoms with Gasteiger partial charge in [-0.2, -0.15) is 0 Å². The van der Waals surface area contributed by atoms with Crippen LogP contribution < -0.4 is 0 Å². The smallest absolute Gasteiger partial charge is 0.334 e. The molecule has 3 aliphatic rings. The molecule has 2 fully saturated rings. The van der Waals surface area contributed by atoms with Crippen LogP contribution in [0.1, 0.15) is 24.5 Å². The van der Waals surface area contributed by atoms with Crippen molar-refractivity contribution in [2.24, 2.45) is 5.92 Å². The van der Waals surface area contributed by atoms with Crippen molar-refractivity contribution in [2.45, 2.75) is 56.7 Å². The van der Waals surface area contributed by atoms with E-state index in [1.807, 2.05) is 0 Å². The molecule has 1 aromatic carbocycles. The fourth-order valence-corrected chi connectivity index (χ4v) is 4.65. The molecule has 3 N–H and O–H groups in total. The normalized spacial score (nSPS) is 34.2. The molecule has 1 aliphatic carbocycles. The number of allylic oxidation sites excluding steroid dienone is 3. The first-order valence-corrected chi connectivity index (χ1v) is 10.3. The van der Waals surface area contributed by atoms with Gasteiger partial charge < -0.3 is 24.8 Å². The van der Waals surface area contributed by atoms with E-state index in [4.69, 9.17) is 21.1 Å². The number of esters is 1. The molecule has 0 aromatic heterocycles. The monoisotopic (exact) mass is 420 g/mol. The Labute approximate surface area is 174 Å². The highest BCUT2D eigenvalue weighted by atomic mass is 35.5. The van der Waals surface area contributed by atoms with Crippen LogP contribution in [-0.2, 0) is 27.1 Å². The summed E-state index contributed by atoms with van der Waals surface area (Å²) >= 11 is 6.48. The number of hydrogen-bond donors (Lipinski definition) is 3. The van der Waals surface area contributed by atoms with E-state index >= 15 is 0 Å². The molecule has 29 heavy (non-hydrogen) atoms. The minimum Gasteiger partial charge on any atom is -0.453 e. The third-order valence-corrected chi connectivity index (χ3v) is 6.49. The van der Waals surface area contributed by atoms with Gasteiger partial charge in [0.25, 0.3) is 0 Å². The van der Waals surface area contributed by atoms with Crippen molar-refractivity contribution in [3.63, 3.8) is 0 Å². The summed E-state index contributed by atoms with van der Waals surface area (Å²) in [7, 11) is 0. The fraction of sp³-hybridized carbons (Fsp3) is 0.500. The van der Waals surface area contributed by atoms with Crippen molar-refractivity contribution in [3.05, 3.63) is 57.6 Å². The van der Waals surface area contributed by atoms with Crippen LogP contribution >= 0.6 is 11.6 Å². The van der Waals surface area contributed by atoms with Crippen LogP contribution in [0.5, 0.6) is 0 Å². The summed E-state index contributed by atoms with van der Waals surface area (Å²) in [5.41, 5.74) is 3.76. The standard InChI is InChI=1S/C22H25ClO6/c1-2-11-3-5-12(6-4-11)7-13-8-14-15(9-16(13)23)22(27)29-21-19(26)18(25)17(10-24)28-20(14)21/h3-6,9,14,17-21,24-26H,2,7-8,10H2,1H3. The second-order valence-corrected chi connectivity index (χ2v) is 8.29. The molecule has 1 aromatic rings. The second kappa shape index (κ2) is 8.20. The van der Waals surface area contributed by atoms with E-state index in [0.29, 0.717) is 23.4 Å². The molecular weight excluding hydrogens is 396 g/mol. The lowest BCUT2D eigenvalue weighted by Crippen LogP contribution is -2.64. The topological polar surface area (TPSA) is 96.2 Å². The lowest BCUT2D eigenvalue weighted by Gasteiger charge is -2.48. The molecule has 2 aliphatic heterocycles. The number of hydrogen-bond acceptors (Lipinski definition) is 6. The molecule has 7 heteroatoms. The molecule has 6 atom stereocenters. The number of aryl methyl sites for hydroxylation is 1. The zero-order valence-corrected chi connectivity index (χ0v) is 16.9. The van der Waals surface area contributed by atoms with E-state index < -0.39 is 43.1 Å². The Bertz CT molecular complexity index is 845. The zero-order chi connectivity index (χ0) is 20.7. The molecule has 156 valence electrons. The SMILES string of the molecule is CCc1ccc(CC2=C(Cl)C=C3C(=O)OC4C(O)C(O)C(CO)OC4C3C2)cc1. The Hall–Kier alpha value is -1.70. The summed E-state index contributed by atoms with van der Waals surface area (Å²) in [5.74, 6) is -0.914. The number of aliphatic hydroxyl groups excluding tert-OH is 3. The molecule has 0 radical (unpaired) electrons. The third-order valence-electron chi connectivity index (χ3n) is 6.11. The molecule has 0 bridgehead atoms. The van der Waals surface area contributed by atoms with E-state index in [9.17, 15) is 20.1 Å². The number of rotatable bonds is 4. The first kappa shape index (κ1) is 20.6. The summed E-state index contributed by atoms with van der Waals surface area (Å²) in [6.07, 6.45) is -1.49. The Morgan fingerprint density at radius 1 is 1.10 bits per heavy atom. The molecule has 0 amide bonds. The van der Waals surface area contributed by atoms with E-state index in [0.717, 1.165) is 17.6 Å². The van der Waals surface area contributed by atoms with Gasteiger partial charge in [-0.25, -0.2) is 4.79 Å². The van der Waals surface area contributed by atoms with Crippen LogP contribution in [0.4, 0.5) is 0 Å². The fourth-order valence-electron chi connectivity index (χ4n) is 4.39. The number of halogens is 1. The van der Waals surface area contributed by atoms with Crippen LogP contribution in [0.25, 0.3) is 0 Å². The van der Waals surface area contributed by atoms with Gasteiger partial charge in [0, 0.05) is 16.5 Å². The average molecular weight is 421 g/mol. The maximum Gasteiger partial charge on any atom is 0.334 e. The molecule has 2 heterocycles. The molecule has 0 spiro atoms. The quantitative estimate of drug-likeness (QED) is 0.641. The van der Waals surface area contributed by atoms with Crippen molar-refractivity contribution in [3.8, 4) is 0 Å². The summed E-state index contributed by atoms with van der Waals surface area (Å²) in [6, 6.07) is 8.34. The number of ether oxygens (including phenoxy) is 2. The highest BCUT2D eigenvalue weighted by molar-refractivity contribution is 6.32. The van der Waals surface area contributed by atoms with Crippen molar-refractivity contribution in [2.75, 3.05) is 6.61 Å². The molecule has 0 saturated carbocycles. The summed E-state index contributed by atoms with van der Waals surface area (Å²) in [5, 5.41) is 30.5. The minimum absolute atomic E-state index is 0.357. The van der Waals surface area contributed by atoms with Gasteiger partial charge in [-0.1, -0.05) is 42.8 Å². The summed E-state index contributed by atoms with van der Waals surface area (Å²) in [4.78, 5) is 12.5. The van der Waals surface area contributed by atoms with E-state index in [1.54, 1.807) is 6.08 Å². The zero-order valence-electron chi connectivity index (χ0n) is 16.1. The largest absolute Gasteiger partial charge is 0.453 e. The number of carbonyl (C=O) groups excluding carboxylic acids is 1. The Balaban J connectivity index is 1.60. The first-order chi connectivity index (χ1) is 13.9. The molecular formula is C22H25ClO6. The van der Waals surface area contributed by atoms with Crippen LogP contribution in [0.2, 0.25) is 0 Å². The van der Waals surface area contributed by atoms with Crippen molar-refractivity contribution >= 4 is 17.6 Å². The summed E-state index contributed by atoms with van der Waals surface area (Å²) < 4.78 is 11.2. The number of carbonyl (C=O) groups is 1. The Kier molecular flexibility index (Phi) is 5.82. The third kappa shape index (κ3) is 3.76. The van der Waals surface area contributed by atoms with Crippen molar-refractivity contribution in [1.29, 1.82) is 0 Å². The summed E-state index contributed by atoms with van der Waals surface area (Å²) in [6.45, 7) is 1.67. The van der Waals surface area contributed by atoms with Crippen molar-refractivity contribution < 1.29 is 29.6 Å². The molecule has 6 nitrogen and oxygen atoms in total. The molecule has 6 unspecified atom stereocenters. The van der Waals surface area contributed by atoms with Gasteiger partial charge in [0.2, 0.25) is 0 Å². The number of fused-ring (bicyclic) bond motifs is 3. The first-order valence-electron chi connectivity index (χ1n) is 9.93. The van der Waals surface area contributed by atoms with Gasteiger partial charge in [-0.05, 0) is 42.0 Å². The Morgan fingerprint density at radius 2 is 1.79 bits per heavy atom. The van der Waals surface area contributed by atoms with Gasteiger partial charge in [0.15, 0.2) is 6.10 Å². The second-order valence-electron chi connectivity index (χ2n) is 7.88. The van der Waals surface area contributed by atoms with Gasteiger partial charge in [0.1, 0.15) is 24.4 Å². The van der Waals surface area contributed by atoms with Crippen LogP contribution in [0.3, 0.4) is 0 Å².